The summed E-state index contributed by atoms with van der Waals surface area (Å²) in [5, 5.41) is 11.5. The van der Waals surface area contributed by atoms with Crippen LogP contribution >= 0.6 is 0 Å². The SMILES string of the molecule is COc1ccc(C2CC(=O)N[C@@H]2C(=O)O)cc1. The van der Waals surface area contributed by atoms with Gasteiger partial charge in [-0.3, -0.25) is 4.79 Å². The van der Waals surface area contributed by atoms with Crippen LogP contribution in [0.3, 0.4) is 0 Å². The van der Waals surface area contributed by atoms with Crippen molar-refractivity contribution in [1.29, 1.82) is 0 Å². The summed E-state index contributed by atoms with van der Waals surface area (Å²) >= 11 is 0. The van der Waals surface area contributed by atoms with Crippen molar-refractivity contribution in [2.24, 2.45) is 0 Å². The Morgan fingerprint density at radius 3 is 2.59 bits per heavy atom. The van der Waals surface area contributed by atoms with E-state index in [-0.39, 0.29) is 18.2 Å². The second kappa shape index (κ2) is 4.45. The van der Waals surface area contributed by atoms with Gasteiger partial charge in [0.25, 0.3) is 0 Å². The zero-order valence-electron chi connectivity index (χ0n) is 9.34. The number of hydrogen-bond donors (Lipinski definition) is 2. The van der Waals surface area contributed by atoms with Gasteiger partial charge in [0.1, 0.15) is 11.8 Å². The van der Waals surface area contributed by atoms with Crippen molar-refractivity contribution in [2.45, 2.75) is 18.4 Å². The maximum Gasteiger partial charge on any atom is 0.326 e. The smallest absolute Gasteiger partial charge is 0.326 e. The Kier molecular flexibility index (Phi) is 2.99. The van der Waals surface area contributed by atoms with E-state index in [9.17, 15) is 9.59 Å². The van der Waals surface area contributed by atoms with Gasteiger partial charge in [0.05, 0.1) is 7.11 Å². The molecule has 17 heavy (non-hydrogen) atoms. The number of carbonyl (C=O) groups is 2. The van der Waals surface area contributed by atoms with E-state index in [0.717, 1.165) is 5.56 Å². The van der Waals surface area contributed by atoms with Crippen LogP contribution in [0.15, 0.2) is 24.3 Å². The lowest BCUT2D eigenvalue weighted by Crippen LogP contribution is -2.35. The van der Waals surface area contributed by atoms with Crippen molar-refractivity contribution in [2.75, 3.05) is 7.11 Å². The minimum Gasteiger partial charge on any atom is -0.497 e. The molecule has 1 heterocycles. The van der Waals surface area contributed by atoms with Gasteiger partial charge in [-0.2, -0.15) is 0 Å². The fourth-order valence-electron chi connectivity index (χ4n) is 2.05. The normalized spacial score (nSPS) is 23.2. The molecule has 2 atom stereocenters. The Bertz CT molecular complexity index is 440. The fraction of sp³-hybridized carbons (Fsp3) is 0.333. The number of hydrogen-bond acceptors (Lipinski definition) is 3. The highest BCUT2D eigenvalue weighted by atomic mass is 16.5. The predicted molar refractivity (Wildman–Crippen MR) is 59.9 cm³/mol. The van der Waals surface area contributed by atoms with Crippen LogP contribution in [0.25, 0.3) is 0 Å². The number of carbonyl (C=O) groups excluding carboxylic acids is 1. The van der Waals surface area contributed by atoms with Crippen molar-refractivity contribution < 1.29 is 19.4 Å². The first-order chi connectivity index (χ1) is 8.11. The summed E-state index contributed by atoms with van der Waals surface area (Å²) in [6, 6.07) is 6.27. The average Bonchev–Trinajstić information content (AvgIpc) is 2.72. The summed E-state index contributed by atoms with van der Waals surface area (Å²) in [6.07, 6.45) is 0.212. The molecule has 5 heteroatoms. The van der Waals surface area contributed by atoms with Crippen LogP contribution in [0.4, 0.5) is 0 Å². The Balaban J connectivity index is 2.25. The van der Waals surface area contributed by atoms with Gasteiger partial charge in [-0.05, 0) is 17.7 Å². The molecular formula is C12H13NO4. The number of aliphatic carboxylic acids is 1. The van der Waals surface area contributed by atoms with Gasteiger partial charge >= 0.3 is 5.97 Å². The number of carboxylic acids is 1. The summed E-state index contributed by atoms with van der Waals surface area (Å²) in [5.41, 5.74) is 0.830. The van der Waals surface area contributed by atoms with E-state index >= 15 is 0 Å². The Labute approximate surface area is 98.4 Å². The molecule has 2 rings (SSSR count). The van der Waals surface area contributed by atoms with E-state index in [0.29, 0.717) is 5.75 Å². The molecule has 0 radical (unpaired) electrons. The Morgan fingerprint density at radius 1 is 1.41 bits per heavy atom. The van der Waals surface area contributed by atoms with Crippen molar-refractivity contribution in [3.8, 4) is 5.75 Å². The number of carboxylic acid groups (broad SMARTS) is 1. The summed E-state index contributed by atoms with van der Waals surface area (Å²) in [5.74, 6) is -0.835. The first-order valence-electron chi connectivity index (χ1n) is 5.28. The fourth-order valence-corrected chi connectivity index (χ4v) is 2.05. The average molecular weight is 235 g/mol. The molecule has 1 unspecified atom stereocenters. The second-order valence-electron chi connectivity index (χ2n) is 3.97. The van der Waals surface area contributed by atoms with E-state index in [1.165, 1.54) is 0 Å². The number of rotatable bonds is 3. The zero-order chi connectivity index (χ0) is 12.4. The van der Waals surface area contributed by atoms with Gasteiger partial charge in [-0.15, -0.1) is 0 Å². The quantitative estimate of drug-likeness (QED) is 0.810. The highest BCUT2D eigenvalue weighted by molar-refractivity contribution is 5.89. The minimum absolute atomic E-state index is 0.212. The Morgan fingerprint density at radius 2 is 2.06 bits per heavy atom. The summed E-state index contributed by atoms with van der Waals surface area (Å²) in [6.45, 7) is 0. The van der Waals surface area contributed by atoms with Crippen LogP contribution < -0.4 is 10.1 Å². The van der Waals surface area contributed by atoms with Crippen LogP contribution in [0.1, 0.15) is 17.9 Å². The van der Waals surface area contributed by atoms with E-state index < -0.39 is 12.0 Å². The predicted octanol–water partition coefficient (Wildman–Crippen LogP) is 0.752. The molecule has 5 nitrogen and oxygen atoms in total. The molecule has 1 aliphatic rings. The summed E-state index contributed by atoms with van der Waals surface area (Å²) < 4.78 is 5.03. The van der Waals surface area contributed by atoms with Crippen LogP contribution in [0.2, 0.25) is 0 Å². The van der Waals surface area contributed by atoms with Gasteiger partial charge in [0.2, 0.25) is 5.91 Å². The zero-order valence-corrected chi connectivity index (χ0v) is 9.34. The molecule has 2 N–H and O–H groups in total. The molecule has 1 fully saturated rings. The maximum atomic E-state index is 11.3. The number of nitrogens with one attached hydrogen (secondary N) is 1. The van der Waals surface area contributed by atoms with E-state index in [1.807, 2.05) is 0 Å². The molecule has 1 saturated heterocycles. The van der Waals surface area contributed by atoms with Gasteiger partial charge in [0, 0.05) is 12.3 Å². The Hall–Kier alpha value is -2.04. The van der Waals surface area contributed by atoms with Crippen LogP contribution in [0, 0.1) is 0 Å². The first kappa shape index (κ1) is 11.4. The molecular weight excluding hydrogens is 222 g/mol. The van der Waals surface area contributed by atoms with Crippen LogP contribution in [0.5, 0.6) is 5.75 Å². The molecule has 1 aliphatic heterocycles. The van der Waals surface area contributed by atoms with E-state index in [1.54, 1.807) is 31.4 Å². The second-order valence-corrected chi connectivity index (χ2v) is 3.97. The van der Waals surface area contributed by atoms with Gasteiger partial charge in [0.15, 0.2) is 0 Å². The van der Waals surface area contributed by atoms with E-state index in [4.69, 9.17) is 9.84 Å². The highest BCUT2D eigenvalue weighted by Crippen LogP contribution is 2.29. The largest absolute Gasteiger partial charge is 0.497 e. The van der Waals surface area contributed by atoms with Gasteiger partial charge < -0.3 is 15.2 Å². The summed E-state index contributed by atoms with van der Waals surface area (Å²) in [4.78, 5) is 22.3. The third-order valence-electron chi connectivity index (χ3n) is 2.93. The van der Waals surface area contributed by atoms with Crippen molar-refractivity contribution in [3.05, 3.63) is 29.8 Å². The standard InChI is InChI=1S/C12H13NO4/c1-17-8-4-2-7(3-5-8)9-6-10(14)13-11(9)12(15)16/h2-5,9,11H,6H2,1H3,(H,13,14)(H,15,16)/t9?,11-/m0/s1. The summed E-state index contributed by atoms with van der Waals surface area (Å²) in [7, 11) is 1.57. The number of amides is 1. The van der Waals surface area contributed by atoms with Crippen LogP contribution in [-0.4, -0.2) is 30.1 Å². The third-order valence-corrected chi connectivity index (χ3v) is 2.93. The first-order valence-corrected chi connectivity index (χ1v) is 5.28. The monoisotopic (exact) mass is 235 g/mol. The van der Waals surface area contributed by atoms with Crippen LogP contribution in [-0.2, 0) is 9.59 Å². The molecule has 0 spiro atoms. The van der Waals surface area contributed by atoms with Gasteiger partial charge in [-0.25, -0.2) is 4.79 Å². The van der Waals surface area contributed by atoms with Gasteiger partial charge in [-0.1, -0.05) is 12.1 Å². The van der Waals surface area contributed by atoms with Crippen molar-refractivity contribution >= 4 is 11.9 Å². The molecule has 1 aromatic carbocycles. The number of methoxy groups -OCH3 is 1. The molecule has 1 amide bonds. The molecule has 0 bridgehead atoms. The minimum atomic E-state index is -1.00. The number of benzene rings is 1. The van der Waals surface area contributed by atoms with E-state index in [2.05, 4.69) is 5.32 Å². The van der Waals surface area contributed by atoms with Crippen molar-refractivity contribution in [3.63, 3.8) is 0 Å². The number of ether oxygens (including phenoxy) is 1. The molecule has 1 aromatic rings. The lowest BCUT2D eigenvalue weighted by atomic mass is 9.92. The molecule has 90 valence electrons. The molecule has 0 aromatic heterocycles. The highest BCUT2D eigenvalue weighted by Gasteiger charge is 2.38. The topological polar surface area (TPSA) is 75.6 Å². The third kappa shape index (κ3) is 2.22. The maximum absolute atomic E-state index is 11.3. The molecule has 0 aliphatic carbocycles. The lowest BCUT2D eigenvalue weighted by molar-refractivity contribution is -0.140. The molecule has 0 saturated carbocycles. The lowest BCUT2D eigenvalue weighted by Gasteiger charge is -2.15. The van der Waals surface area contributed by atoms with Crippen molar-refractivity contribution in [1.82, 2.24) is 5.32 Å².